The lowest BCUT2D eigenvalue weighted by atomic mass is 10.0. The van der Waals surface area contributed by atoms with Crippen molar-refractivity contribution in [2.75, 3.05) is 18.1 Å². The van der Waals surface area contributed by atoms with Gasteiger partial charge in [0.15, 0.2) is 5.78 Å². The molecule has 2 amide bonds. The number of thioether (sulfide) groups is 1. The van der Waals surface area contributed by atoms with Crippen molar-refractivity contribution in [3.63, 3.8) is 0 Å². The molecule has 1 heterocycles. The molecule has 1 aliphatic heterocycles. The van der Waals surface area contributed by atoms with Crippen molar-refractivity contribution >= 4 is 29.5 Å². The lowest BCUT2D eigenvalue weighted by molar-refractivity contribution is -0.129. The van der Waals surface area contributed by atoms with E-state index >= 15 is 0 Å². The fourth-order valence-corrected chi connectivity index (χ4v) is 5.79. The first-order valence-corrected chi connectivity index (χ1v) is 15.2. The molecule has 1 saturated heterocycles. The number of nitrogens with zero attached hydrogens (tertiary/aromatic N) is 1. The molecule has 3 aromatic rings. The molecule has 0 aliphatic carbocycles. The molecule has 4 rings (SSSR count). The summed E-state index contributed by atoms with van der Waals surface area (Å²) in [5.74, 6) is 0.964. The Bertz CT molecular complexity index is 1210. The standard InChI is InChI=1S/C33H38N2O4S/c36-31(25-40-23-11-18-26-12-4-1-5-13-26)29(21-20-27-14-6-2-7-15-27)34-32(37)30-19-10-22-35(30)33(38)39-24-28-16-8-3-9-17-28/h1-9,12-17,29-30H,10-11,18-25H2,(H,34,37)/t29-,30-/m0/s1. The maximum Gasteiger partial charge on any atom is 0.410 e. The SMILES string of the molecule is O=C(CSCCCc1ccccc1)[C@H](CCc1ccccc1)NC(=O)[C@@H]1CCCN1C(=O)OCc1ccccc1. The van der Waals surface area contributed by atoms with Crippen LogP contribution in [-0.4, -0.2) is 52.8 Å². The van der Waals surface area contributed by atoms with Crippen LogP contribution in [-0.2, 0) is 33.8 Å². The number of hydrogen-bond donors (Lipinski definition) is 1. The molecule has 0 bridgehead atoms. The number of ketones is 1. The van der Waals surface area contributed by atoms with Crippen LogP contribution in [0.2, 0.25) is 0 Å². The number of hydrogen-bond acceptors (Lipinski definition) is 5. The molecule has 0 saturated carbocycles. The minimum atomic E-state index is -0.631. The van der Waals surface area contributed by atoms with Gasteiger partial charge in [0.1, 0.15) is 12.6 Å². The summed E-state index contributed by atoms with van der Waals surface area (Å²) in [7, 11) is 0. The number of Topliss-reactive ketones (excluding diaryl/α,β-unsaturated/α-hetero) is 1. The van der Waals surface area contributed by atoms with E-state index in [1.54, 1.807) is 11.8 Å². The van der Waals surface area contributed by atoms with Crippen molar-refractivity contribution in [2.24, 2.45) is 0 Å². The van der Waals surface area contributed by atoms with Gasteiger partial charge in [0.25, 0.3) is 0 Å². The van der Waals surface area contributed by atoms with Crippen LogP contribution in [0.4, 0.5) is 4.79 Å². The van der Waals surface area contributed by atoms with Gasteiger partial charge in [0.05, 0.1) is 11.8 Å². The molecule has 7 heteroatoms. The van der Waals surface area contributed by atoms with Crippen LogP contribution in [0, 0.1) is 0 Å². The van der Waals surface area contributed by atoms with Crippen LogP contribution in [0.15, 0.2) is 91.0 Å². The van der Waals surface area contributed by atoms with E-state index in [-0.39, 0.29) is 18.3 Å². The average molecular weight is 559 g/mol. The molecule has 210 valence electrons. The second-order valence-corrected chi connectivity index (χ2v) is 11.2. The summed E-state index contributed by atoms with van der Waals surface area (Å²) >= 11 is 1.61. The number of amides is 2. The Labute approximate surface area is 241 Å². The summed E-state index contributed by atoms with van der Waals surface area (Å²) in [6, 6.07) is 28.6. The zero-order valence-corrected chi connectivity index (χ0v) is 23.7. The number of rotatable bonds is 14. The van der Waals surface area contributed by atoms with E-state index in [2.05, 4.69) is 17.4 Å². The molecule has 6 nitrogen and oxygen atoms in total. The van der Waals surface area contributed by atoms with Crippen molar-refractivity contribution in [3.05, 3.63) is 108 Å². The number of aryl methyl sites for hydroxylation is 2. The van der Waals surface area contributed by atoms with E-state index in [0.717, 1.165) is 36.1 Å². The molecule has 0 radical (unpaired) electrons. The van der Waals surface area contributed by atoms with Gasteiger partial charge in [-0.1, -0.05) is 91.0 Å². The van der Waals surface area contributed by atoms with Crippen molar-refractivity contribution in [2.45, 2.75) is 57.2 Å². The Morgan fingerprint density at radius 2 is 1.45 bits per heavy atom. The van der Waals surface area contributed by atoms with Crippen molar-refractivity contribution in [1.29, 1.82) is 0 Å². The molecule has 1 aliphatic rings. The van der Waals surface area contributed by atoms with Crippen LogP contribution in [0.1, 0.15) is 42.4 Å². The Morgan fingerprint density at radius 1 is 0.850 bits per heavy atom. The third-order valence-corrected chi connectivity index (χ3v) is 8.17. The fraction of sp³-hybridized carbons (Fsp3) is 0.364. The largest absolute Gasteiger partial charge is 0.445 e. The molecule has 0 unspecified atom stereocenters. The van der Waals surface area contributed by atoms with Crippen LogP contribution in [0.3, 0.4) is 0 Å². The van der Waals surface area contributed by atoms with Gasteiger partial charge in [-0.05, 0) is 61.0 Å². The number of carbonyl (C=O) groups excluding carboxylic acids is 3. The summed E-state index contributed by atoms with van der Waals surface area (Å²) < 4.78 is 5.49. The highest BCUT2D eigenvalue weighted by atomic mass is 32.2. The maximum atomic E-state index is 13.4. The first-order chi connectivity index (χ1) is 19.6. The molecular formula is C33H38N2O4S. The highest BCUT2D eigenvalue weighted by molar-refractivity contribution is 7.99. The normalized spacial score (nSPS) is 15.4. The number of nitrogens with one attached hydrogen (secondary N) is 1. The summed E-state index contributed by atoms with van der Waals surface area (Å²) in [5.41, 5.74) is 3.31. The second-order valence-electron chi connectivity index (χ2n) is 10.1. The average Bonchev–Trinajstić information content (AvgIpc) is 3.50. The predicted octanol–water partition coefficient (Wildman–Crippen LogP) is 5.84. The summed E-state index contributed by atoms with van der Waals surface area (Å²) in [6.45, 7) is 0.621. The summed E-state index contributed by atoms with van der Waals surface area (Å²) in [5, 5.41) is 3.00. The maximum absolute atomic E-state index is 13.4. The second kappa shape index (κ2) is 15.9. The smallest absolute Gasteiger partial charge is 0.410 e. The van der Waals surface area contributed by atoms with Gasteiger partial charge in [0.2, 0.25) is 5.91 Å². The van der Waals surface area contributed by atoms with E-state index in [4.69, 9.17) is 4.74 Å². The minimum absolute atomic E-state index is 0.0187. The highest BCUT2D eigenvalue weighted by Gasteiger charge is 2.36. The van der Waals surface area contributed by atoms with Gasteiger partial charge in [-0.3, -0.25) is 14.5 Å². The van der Waals surface area contributed by atoms with Crippen molar-refractivity contribution in [3.8, 4) is 0 Å². The predicted molar refractivity (Wildman–Crippen MR) is 160 cm³/mol. The van der Waals surface area contributed by atoms with Gasteiger partial charge in [-0.15, -0.1) is 0 Å². The van der Waals surface area contributed by atoms with Gasteiger partial charge < -0.3 is 10.1 Å². The number of carbonyl (C=O) groups is 3. The zero-order valence-electron chi connectivity index (χ0n) is 22.9. The summed E-state index contributed by atoms with van der Waals surface area (Å²) in [4.78, 5) is 41.0. The lowest BCUT2D eigenvalue weighted by Crippen LogP contribution is -2.51. The van der Waals surface area contributed by atoms with Crippen LogP contribution in [0.5, 0.6) is 0 Å². The summed E-state index contributed by atoms with van der Waals surface area (Å²) in [6.07, 6.45) is 3.95. The van der Waals surface area contributed by atoms with Crippen molar-refractivity contribution < 1.29 is 19.1 Å². The van der Waals surface area contributed by atoms with E-state index in [1.807, 2.05) is 78.9 Å². The van der Waals surface area contributed by atoms with Gasteiger partial charge in [-0.25, -0.2) is 4.79 Å². The van der Waals surface area contributed by atoms with Gasteiger partial charge in [0, 0.05) is 6.54 Å². The van der Waals surface area contributed by atoms with Crippen LogP contribution in [0.25, 0.3) is 0 Å². The highest BCUT2D eigenvalue weighted by Crippen LogP contribution is 2.20. The monoisotopic (exact) mass is 558 g/mol. The van der Waals surface area contributed by atoms with Gasteiger partial charge in [-0.2, -0.15) is 11.8 Å². The van der Waals surface area contributed by atoms with E-state index < -0.39 is 18.2 Å². The Kier molecular flexibility index (Phi) is 11.7. The van der Waals surface area contributed by atoms with Gasteiger partial charge >= 0.3 is 6.09 Å². The topological polar surface area (TPSA) is 75.7 Å². The number of benzene rings is 3. The molecule has 2 atom stereocenters. The first-order valence-electron chi connectivity index (χ1n) is 14.1. The third-order valence-electron chi connectivity index (χ3n) is 7.11. The Hall–Kier alpha value is -3.58. The fourth-order valence-electron chi connectivity index (χ4n) is 4.89. The molecule has 1 fully saturated rings. The molecular weight excluding hydrogens is 520 g/mol. The molecule has 3 aromatic carbocycles. The molecule has 0 spiro atoms. The van der Waals surface area contributed by atoms with Crippen LogP contribution >= 0.6 is 11.8 Å². The molecule has 0 aromatic heterocycles. The number of ether oxygens (including phenoxy) is 1. The van der Waals surface area contributed by atoms with E-state index in [9.17, 15) is 14.4 Å². The molecule has 1 N–H and O–H groups in total. The first kappa shape index (κ1) is 29.4. The Balaban J connectivity index is 1.31. The van der Waals surface area contributed by atoms with E-state index in [1.165, 1.54) is 10.5 Å². The minimum Gasteiger partial charge on any atom is -0.445 e. The van der Waals surface area contributed by atoms with Crippen molar-refractivity contribution in [1.82, 2.24) is 10.2 Å². The zero-order chi connectivity index (χ0) is 28.0. The molecule has 40 heavy (non-hydrogen) atoms. The van der Waals surface area contributed by atoms with E-state index in [0.29, 0.717) is 31.6 Å². The quantitative estimate of drug-likeness (QED) is 0.252. The third kappa shape index (κ3) is 9.26. The lowest BCUT2D eigenvalue weighted by Gasteiger charge is -2.26. The Morgan fingerprint density at radius 3 is 2.10 bits per heavy atom. The van der Waals surface area contributed by atoms with Crippen LogP contribution < -0.4 is 5.32 Å². The number of likely N-dealkylation sites (tertiary alicyclic amines) is 1.